The van der Waals surface area contributed by atoms with Gasteiger partial charge in [0.2, 0.25) is 0 Å². The van der Waals surface area contributed by atoms with Crippen LogP contribution in [0.5, 0.6) is 11.5 Å². The molecule has 0 amide bonds. The minimum absolute atomic E-state index is 0.0477. The smallest absolute Gasteiger partial charge is 0.161 e. The number of benzene rings is 1. The number of ether oxygens (including phenoxy) is 2. The summed E-state index contributed by atoms with van der Waals surface area (Å²) >= 11 is 0. The first-order valence-electron chi connectivity index (χ1n) is 6.91. The zero-order chi connectivity index (χ0) is 14.2. The lowest BCUT2D eigenvalue weighted by atomic mass is 10.3. The van der Waals surface area contributed by atoms with E-state index in [0.29, 0.717) is 13.2 Å². The molecule has 1 heterocycles. The van der Waals surface area contributed by atoms with Crippen molar-refractivity contribution in [3.05, 3.63) is 48.4 Å². The van der Waals surface area contributed by atoms with Crippen LogP contribution in [0.1, 0.15) is 19.6 Å². The topological polar surface area (TPSA) is 43.6 Å². The summed E-state index contributed by atoms with van der Waals surface area (Å²) in [6, 6.07) is 11.6. The Morgan fingerprint density at radius 1 is 1.15 bits per heavy atom. The van der Waals surface area contributed by atoms with Gasteiger partial charge in [-0.1, -0.05) is 12.1 Å². The van der Waals surface area contributed by atoms with E-state index in [0.717, 1.165) is 23.8 Å². The van der Waals surface area contributed by atoms with Gasteiger partial charge in [0.05, 0.1) is 19.4 Å². The van der Waals surface area contributed by atoms with Gasteiger partial charge in [-0.15, -0.1) is 0 Å². The highest BCUT2D eigenvalue weighted by Crippen LogP contribution is 2.27. The largest absolute Gasteiger partial charge is 0.490 e. The molecule has 0 radical (unpaired) electrons. The molecule has 0 saturated carbocycles. The molecule has 4 heteroatoms. The van der Waals surface area contributed by atoms with Gasteiger partial charge in [-0.25, -0.2) is 0 Å². The average Bonchev–Trinajstić information content (AvgIpc) is 2.94. The molecular weight excluding hydrogens is 254 g/mol. The Bertz CT molecular complexity index is 496. The third-order valence-electron chi connectivity index (χ3n) is 2.79. The third-order valence-corrected chi connectivity index (χ3v) is 2.79. The van der Waals surface area contributed by atoms with Crippen molar-refractivity contribution in [2.45, 2.75) is 26.5 Å². The highest BCUT2D eigenvalue weighted by atomic mass is 16.5. The molecule has 1 atom stereocenters. The summed E-state index contributed by atoms with van der Waals surface area (Å²) in [5.74, 6) is 2.49. The number of furan rings is 1. The molecule has 108 valence electrons. The van der Waals surface area contributed by atoms with E-state index in [9.17, 15) is 0 Å². The molecule has 0 spiro atoms. The van der Waals surface area contributed by atoms with Gasteiger partial charge in [0.25, 0.3) is 0 Å². The Hall–Kier alpha value is -1.94. The number of hydrogen-bond acceptors (Lipinski definition) is 4. The first-order valence-corrected chi connectivity index (χ1v) is 6.91. The molecule has 4 nitrogen and oxygen atoms in total. The molecular formula is C16H21NO3. The highest BCUT2D eigenvalue weighted by molar-refractivity contribution is 5.39. The maximum atomic E-state index is 5.90. The van der Waals surface area contributed by atoms with Crippen molar-refractivity contribution in [1.82, 2.24) is 5.32 Å². The number of para-hydroxylation sites is 2. The van der Waals surface area contributed by atoms with Gasteiger partial charge in [0.15, 0.2) is 11.5 Å². The van der Waals surface area contributed by atoms with Crippen LogP contribution in [-0.2, 0) is 6.54 Å². The van der Waals surface area contributed by atoms with E-state index >= 15 is 0 Å². The van der Waals surface area contributed by atoms with E-state index in [4.69, 9.17) is 13.9 Å². The van der Waals surface area contributed by atoms with Crippen LogP contribution in [0, 0.1) is 0 Å². The minimum Gasteiger partial charge on any atom is -0.490 e. The van der Waals surface area contributed by atoms with E-state index in [-0.39, 0.29) is 6.10 Å². The number of nitrogens with one attached hydrogen (secondary N) is 1. The summed E-state index contributed by atoms with van der Waals surface area (Å²) in [6.45, 7) is 6.06. The van der Waals surface area contributed by atoms with E-state index in [1.165, 1.54) is 0 Å². The zero-order valence-electron chi connectivity index (χ0n) is 12.0. The van der Waals surface area contributed by atoms with Crippen LogP contribution >= 0.6 is 0 Å². The lowest BCUT2D eigenvalue weighted by molar-refractivity contribution is 0.202. The Balaban J connectivity index is 1.80. The van der Waals surface area contributed by atoms with Gasteiger partial charge in [-0.05, 0) is 38.1 Å². The van der Waals surface area contributed by atoms with Crippen LogP contribution in [0.15, 0.2) is 47.1 Å². The predicted octanol–water partition coefficient (Wildman–Crippen LogP) is 3.24. The second-order valence-electron chi connectivity index (χ2n) is 4.52. The van der Waals surface area contributed by atoms with Crippen LogP contribution in [-0.4, -0.2) is 19.3 Å². The van der Waals surface area contributed by atoms with Crippen molar-refractivity contribution in [1.29, 1.82) is 0 Å². The fourth-order valence-electron chi connectivity index (χ4n) is 1.89. The molecule has 2 aromatic rings. The lowest BCUT2D eigenvalue weighted by Gasteiger charge is -2.17. The summed E-state index contributed by atoms with van der Waals surface area (Å²) in [4.78, 5) is 0. The Labute approximate surface area is 119 Å². The molecule has 0 saturated heterocycles. The molecule has 1 aromatic heterocycles. The first kappa shape index (κ1) is 14.5. The second kappa shape index (κ2) is 7.60. The molecule has 0 aliphatic carbocycles. The molecule has 0 aliphatic rings. The fraction of sp³-hybridized carbons (Fsp3) is 0.375. The van der Waals surface area contributed by atoms with Crippen molar-refractivity contribution in [2.75, 3.05) is 13.2 Å². The van der Waals surface area contributed by atoms with Crippen molar-refractivity contribution in [3.63, 3.8) is 0 Å². The summed E-state index contributed by atoms with van der Waals surface area (Å²) < 4.78 is 16.7. The van der Waals surface area contributed by atoms with Crippen molar-refractivity contribution < 1.29 is 13.9 Å². The number of rotatable bonds is 8. The molecule has 0 aliphatic heterocycles. The number of hydrogen-bond donors (Lipinski definition) is 1. The summed E-state index contributed by atoms with van der Waals surface area (Å²) in [6.07, 6.45) is 1.72. The SMILES string of the molecule is CCOc1ccccc1OC(C)CNCc1ccco1. The van der Waals surface area contributed by atoms with Crippen LogP contribution in [0.4, 0.5) is 0 Å². The van der Waals surface area contributed by atoms with Crippen LogP contribution in [0.3, 0.4) is 0 Å². The molecule has 20 heavy (non-hydrogen) atoms. The molecule has 1 unspecified atom stereocenters. The van der Waals surface area contributed by atoms with Gasteiger partial charge >= 0.3 is 0 Å². The normalized spacial score (nSPS) is 12.1. The average molecular weight is 275 g/mol. The molecule has 1 N–H and O–H groups in total. The predicted molar refractivity (Wildman–Crippen MR) is 78.1 cm³/mol. The quantitative estimate of drug-likeness (QED) is 0.803. The van der Waals surface area contributed by atoms with Gasteiger partial charge < -0.3 is 19.2 Å². The van der Waals surface area contributed by atoms with E-state index < -0.39 is 0 Å². The Morgan fingerprint density at radius 3 is 2.65 bits per heavy atom. The second-order valence-corrected chi connectivity index (χ2v) is 4.52. The van der Waals surface area contributed by atoms with Crippen molar-refractivity contribution >= 4 is 0 Å². The first-order chi connectivity index (χ1) is 9.79. The minimum atomic E-state index is 0.0477. The summed E-state index contributed by atoms with van der Waals surface area (Å²) in [5.41, 5.74) is 0. The standard InChI is InChI=1S/C16H21NO3/c1-3-18-15-8-4-5-9-16(15)20-13(2)11-17-12-14-7-6-10-19-14/h4-10,13,17H,3,11-12H2,1-2H3. The van der Waals surface area contributed by atoms with Gasteiger partial charge in [0.1, 0.15) is 11.9 Å². The molecule has 2 rings (SSSR count). The van der Waals surface area contributed by atoms with Crippen molar-refractivity contribution in [2.24, 2.45) is 0 Å². The van der Waals surface area contributed by atoms with Crippen molar-refractivity contribution in [3.8, 4) is 11.5 Å². The zero-order valence-corrected chi connectivity index (χ0v) is 12.0. The van der Waals surface area contributed by atoms with Crippen LogP contribution in [0.25, 0.3) is 0 Å². The van der Waals surface area contributed by atoms with E-state index in [1.807, 2.05) is 50.2 Å². The van der Waals surface area contributed by atoms with Gasteiger partial charge in [-0.2, -0.15) is 0 Å². The Morgan fingerprint density at radius 2 is 1.95 bits per heavy atom. The maximum Gasteiger partial charge on any atom is 0.161 e. The summed E-state index contributed by atoms with van der Waals surface area (Å²) in [7, 11) is 0. The third kappa shape index (κ3) is 4.31. The monoisotopic (exact) mass is 275 g/mol. The van der Waals surface area contributed by atoms with E-state index in [2.05, 4.69) is 5.32 Å². The van der Waals surface area contributed by atoms with Gasteiger partial charge in [-0.3, -0.25) is 0 Å². The molecule has 1 aromatic carbocycles. The van der Waals surface area contributed by atoms with Crippen LogP contribution < -0.4 is 14.8 Å². The van der Waals surface area contributed by atoms with Crippen LogP contribution in [0.2, 0.25) is 0 Å². The Kier molecular flexibility index (Phi) is 5.50. The lowest BCUT2D eigenvalue weighted by Crippen LogP contribution is -2.28. The van der Waals surface area contributed by atoms with Gasteiger partial charge in [0, 0.05) is 6.54 Å². The molecule has 0 fully saturated rings. The summed E-state index contributed by atoms with van der Waals surface area (Å²) in [5, 5.41) is 3.30. The molecule has 0 bridgehead atoms. The maximum absolute atomic E-state index is 5.90. The van der Waals surface area contributed by atoms with E-state index in [1.54, 1.807) is 6.26 Å². The highest BCUT2D eigenvalue weighted by Gasteiger charge is 2.08. The fourth-order valence-corrected chi connectivity index (χ4v) is 1.89.